The van der Waals surface area contributed by atoms with Crippen LogP contribution < -0.4 is 26.4 Å². The van der Waals surface area contributed by atoms with Gasteiger partial charge < -0.3 is 20.5 Å². The van der Waals surface area contributed by atoms with Crippen molar-refractivity contribution in [3.8, 4) is 11.4 Å². The van der Waals surface area contributed by atoms with Gasteiger partial charge in [-0.05, 0) is 41.8 Å². The highest BCUT2D eigenvalue weighted by Crippen LogP contribution is 2.41. The molecule has 13 nitrogen and oxygen atoms in total. The fraction of sp³-hybridized carbons (Fsp3) is 0.207. The Bertz CT molecular complexity index is 1720. The standard InChI is InChI=1S/C29H31FN8O5/c1-4-17-14-18(15-22-34-28(40)38(35-22)21-13-9-8-12-20(21)33-29(41)42)24(30)26(43-16-23(39)36(2)3)25(17)37(27(31)32)19-10-6-5-7-11-19/h5-14,33H,4,15-16H2,1-3H3,(H3,31,32)(H,41,42)(H,34,35,40). The number of hydrogen-bond donors (Lipinski definition) is 5. The average Bonchev–Trinajstić information content (AvgIpc) is 3.33. The lowest BCUT2D eigenvalue weighted by molar-refractivity contribution is -0.130. The zero-order valence-corrected chi connectivity index (χ0v) is 23.7. The molecule has 4 aromatic rings. The van der Waals surface area contributed by atoms with Crippen LogP contribution in [0.5, 0.6) is 5.75 Å². The largest absolute Gasteiger partial charge is 0.478 e. The van der Waals surface area contributed by atoms with Crippen LogP contribution in [0.3, 0.4) is 0 Å². The number of rotatable bonds is 10. The molecule has 0 aliphatic carbocycles. The number of benzene rings is 3. The zero-order valence-electron chi connectivity index (χ0n) is 23.7. The quantitative estimate of drug-likeness (QED) is 0.137. The lowest BCUT2D eigenvalue weighted by atomic mass is 10.0. The summed E-state index contributed by atoms with van der Waals surface area (Å²) in [4.78, 5) is 41.7. The fourth-order valence-electron chi connectivity index (χ4n) is 4.41. The van der Waals surface area contributed by atoms with Crippen LogP contribution in [0.4, 0.5) is 26.2 Å². The summed E-state index contributed by atoms with van der Waals surface area (Å²) < 4.78 is 23.1. The number of guanidine groups is 1. The number of H-pyrrole nitrogens is 1. The molecule has 0 fully saturated rings. The molecular weight excluding hydrogens is 559 g/mol. The maximum absolute atomic E-state index is 16.4. The molecule has 0 unspecified atom stereocenters. The van der Waals surface area contributed by atoms with Crippen molar-refractivity contribution in [2.75, 3.05) is 30.9 Å². The normalized spacial score (nSPS) is 10.7. The molecule has 224 valence electrons. The fourth-order valence-corrected chi connectivity index (χ4v) is 4.41. The number of ether oxygens (including phenoxy) is 1. The molecule has 6 N–H and O–H groups in total. The van der Waals surface area contributed by atoms with Crippen molar-refractivity contribution in [2.24, 2.45) is 5.73 Å². The zero-order chi connectivity index (χ0) is 31.3. The van der Waals surface area contributed by atoms with E-state index in [2.05, 4.69) is 15.4 Å². The molecule has 1 aromatic heterocycles. The topological polar surface area (TPSA) is 183 Å². The van der Waals surface area contributed by atoms with Gasteiger partial charge >= 0.3 is 11.8 Å². The van der Waals surface area contributed by atoms with E-state index in [0.29, 0.717) is 17.7 Å². The van der Waals surface area contributed by atoms with Crippen molar-refractivity contribution in [1.82, 2.24) is 19.7 Å². The smallest absolute Gasteiger partial charge is 0.409 e. The van der Waals surface area contributed by atoms with Gasteiger partial charge in [0.2, 0.25) is 0 Å². The summed E-state index contributed by atoms with van der Waals surface area (Å²) in [7, 11) is 3.08. The first kappa shape index (κ1) is 30.3. The number of aryl methyl sites for hydroxylation is 1. The van der Waals surface area contributed by atoms with Gasteiger partial charge in [0.05, 0.1) is 17.1 Å². The molecule has 0 bridgehead atoms. The molecule has 14 heteroatoms. The van der Waals surface area contributed by atoms with E-state index < -0.39 is 36.1 Å². The van der Waals surface area contributed by atoms with Gasteiger partial charge in [0, 0.05) is 26.2 Å². The van der Waals surface area contributed by atoms with E-state index in [-0.39, 0.29) is 40.6 Å². The van der Waals surface area contributed by atoms with Crippen LogP contribution in [-0.2, 0) is 17.6 Å². The number of aromatic amines is 1. The number of nitrogens with one attached hydrogen (secondary N) is 3. The second-order valence-electron chi connectivity index (χ2n) is 9.59. The van der Waals surface area contributed by atoms with Crippen LogP contribution in [0.15, 0.2) is 65.5 Å². The first-order valence-corrected chi connectivity index (χ1v) is 13.2. The van der Waals surface area contributed by atoms with E-state index in [0.717, 1.165) is 4.68 Å². The Kier molecular flexibility index (Phi) is 9.08. The van der Waals surface area contributed by atoms with Gasteiger partial charge in [-0.3, -0.25) is 25.4 Å². The number of likely N-dealkylation sites (N-methyl/N-ethyl adjacent to an activating group) is 1. The number of nitrogens with two attached hydrogens (primary N) is 1. The minimum atomic E-state index is -1.32. The summed E-state index contributed by atoms with van der Waals surface area (Å²) in [5.74, 6) is -1.84. The number of para-hydroxylation sites is 3. The van der Waals surface area contributed by atoms with Crippen LogP contribution in [0, 0.1) is 11.2 Å². The molecule has 0 aliphatic rings. The number of amides is 2. The van der Waals surface area contributed by atoms with Crippen LogP contribution in [0.1, 0.15) is 23.9 Å². The molecular formula is C29H31FN8O5. The number of hydrogen-bond acceptors (Lipinski definition) is 6. The third-order valence-electron chi connectivity index (χ3n) is 6.44. The van der Waals surface area contributed by atoms with Gasteiger partial charge in [-0.1, -0.05) is 43.3 Å². The molecule has 0 radical (unpaired) electrons. The highest BCUT2D eigenvalue weighted by atomic mass is 19.1. The average molecular weight is 591 g/mol. The second kappa shape index (κ2) is 12.9. The van der Waals surface area contributed by atoms with E-state index in [1.807, 2.05) is 6.92 Å². The number of carbonyl (C=O) groups excluding carboxylic acids is 1. The minimum Gasteiger partial charge on any atom is -0.478 e. The number of carbonyl (C=O) groups is 2. The van der Waals surface area contributed by atoms with Crippen LogP contribution >= 0.6 is 0 Å². The van der Waals surface area contributed by atoms with Crippen molar-refractivity contribution in [3.05, 3.63) is 93.9 Å². The van der Waals surface area contributed by atoms with Crippen molar-refractivity contribution in [2.45, 2.75) is 19.8 Å². The summed E-state index contributed by atoms with van der Waals surface area (Å²) in [6, 6.07) is 16.4. The predicted octanol–water partition coefficient (Wildman–Crippen LogP) is 3.44. The van der Waals surface area contributed by atoms with E-state index in [1.165, 1.54) is 21.9 Å². The van der Waals surface area contributed by atoms with Gasteiger partial charge in [0.1, 0.15) is 5.82 Å². The van der Waals surface area contributed by atoms with E-state index in [4.69, 9.17) is 21.0 Å². The van der Waals surface area contributed by atoms with Crippen molar-refractivity contribution in [1.29, 1.82) is 5.41 Å². The van der Waals surface area contributed by atoms with E-state index in [9.17, 15) is 14.4 Å². The Morgan fingerprint density at radius 2 is 1.81 bits per heavy atom. The monoisotopic (exact) mass is 590 g/mol. The highest BCUT2D eigenvalue weighted by Gasteiger charge is 2.27. The number of aromatic nitrogens is 3. The van der Waals surface area contributed by atoms with Crippen LogP contribution in [0.25, 0.3) is 5.69 Å². The molecule has 0 saturated heterocycles. The maximum Gasteiger partial charge on any atom is 0.409 e. The van der Waals surface area contributed by atoms with Gasteiger partial charge in [-0.2, -0.15) is 4.68 Å². The molecule has 1 heterocycles. The Morgan fingerprint density at radius 1 is 1.14 bits per heavy atom. The van der Waals surface area contributed by atoms with Crippen LogP contribution in [-0.4, -0.2) is 63.4 Å². The Hall–Kier alpha value is -5.66. The van der Waals surface area contributed by atoms with E-state index >= 15 is 4.39 Å². The van der Waals surface area contributed by atoms with E-state index in [1.54, 1.807) is 62.6 Å². The molecule has 4 rings (SSSR count). The number of halogens is 1. The lowest BCUT2D eigenvalue weighted by Crippen LogP contribution is -2.34. The maximum atomic E-state index is 16.4. The Balaban J connectivity index is 1.83. The summed E-state index contributed by atoms with van der Waals surface area (Å²) in [6.45, 7) is 1.35. The number of anilines is 3. The summed E-state index contributed by atoms with van der Waals surface area (Å²) in [5, 5.41) is 24.0. The third-order valence-corrected chi connectivity index (χ3v) is 6.44. The van der Waals surface area contributed by atoms with Crippen molar-refractivity contribution < 1.29 is 23.8 Å². The number of carboxylic acid groups (broad SMARTS) is 1. The first-order valence-electron chi connectivity index (χ1n) is 13.2. The Morgan fingerprint density at radius 3 is 2.44 bits per heavy atom. The molecule has 2 amide bonds. The number of nitrogens with zero attached hydrogens (tertiary/aromatic N) is 4. The minimum absolute atomic E-state index is 0.0885. The third kappa shape index (κ3) is 6.64. The lowest BCUT2D eigenvalue weighted by Gasteiger charge is -2.28. The highest BCUT2D eigenvalue weighted by molar-refractivity contribution is 6.02. The summed E-state index contributed by atoms with van der Waals surface area (Å²) >= 11 is 0. The molecule has 43 heavy (non-hydrogen) atoms. The molecule has 0 saturated carbocycles. The van der Waals surface area contributed by atoms with Gasteiger partial charge in [-0.15, -0.1) is 5.10 Å². The van der Waals surface area contributed by atoms with Gasteiger partial charge in [0.25, 0.3) is 5.91 Å². The summed E-state index contributed by atoms with van der Waals surface area (Å²) in [6.07, 6.45) is -1.13. The molecule has 0 atom stereocenters. The second-order valence-corrected chi connectivity index (χ2v) is 9.59. The van der Waals surface area contributed by atoms with Crippen LogP contribution in [0.2, 0.25) is 0 Å². The first-order chi connectivity index (χ1) is 20.5. The van der Waals surface area contributed by atoms with Crippen molar-refractivity contribution >= 4 is 35.0 Å². The van der Waals surface area contributed by atoms with Gasteiger partial charge in [-0.25, -0.2) is 14.0 Å². The Labute approximate surface area is 245 Å². The molecule has 0 aliphatic heterocycles. The molecule has 3 aromatic carbocycles. The predicted molar refractivity (Wildman–Crippen MR) is 159 cm³/mol. The summed E-state index contributed by atoms with van der Waals surface area (Å²) in [5.41, 5.74) is 6.94. The van der Waals surface area contributed by atoms with Gasteiger partial charge in [0.15, 0.2) is 24.1 Å². The molecule has 0 spiro atoms. The SMILES string of the molecule is CCc1cc(Cc2nn(-c3ccccc3NC(=O)O)c(=O)[nH]2)c(F)c(OCC(=O)N(C)C)c1N(C(=N)N)c1ccccc1. The van der Waals surface area contributed by atoms with Crippen molar-refractivity contribution in [3.63, 3.8) is 0 Å².